The quantitative estimate of drug-likeness (QED) is 0.829. The van der Waals surface area contributed by atoms with E-state index in [4.69, 9.17) is 4.74 Å². The summed E-state index contributed by atoms with van der Waals surface area (Å²) in [7, 11) is 0. The Morgan fingerprint density at radius 1 is 0.926 bits per heavy atom. The molecule has 2 aliphatic heterocycles. The standard InChI is InChI=1S/C21H23N3O3/c25-20(15-24-18-8-4-5-9-19(18)27-16-21(24)26)23-12-10-22(11-13-23)14-17-6-2-1-3-7-17/h1-9H,10-16H2. The fourth-order valence-corrected chi connectivity index (χ4v) is 3.56. The van der Waals surface area contributed by atoms with E-state index in [9.17, 15) is 9.59 Å². The Hall–Kier alpha value is -2.86. The minimum atomic E-state index is -0.176. The van der Waals surface area contributed by atoms with E-state index >= 15 is 0 Å². The summed E-state index contributed by atoms with van der Waals surface area (Å²) in [5.41, 5.74) is 1.96. The van der Waals surface area contributed by atoms with Crippen LogP contribution in [0, 0.1) is 0 Å². The van der Waals surface area contributed by atoms with Crippen molar-refractivity contribution in [2.45, 2.75) is 6.54 Å². The van der Waals surface area contributed by atoms with Crippen LogP contribution in [-0.4, -0.2) is 60.9 Å². The summed E-state index contributed by atoms with van der Waals surface area (Å²) >= 11 is 0. The number of hydrogen-bond donors (Lipinski definition) is 0. The molecule has 0 radical (unpaired) electrons. The zero-order chi connectivity index (χ0) is 18.6. The van der Waals surface area contributed by atoms with Crippen molar-refractivity contribution in [1.82, 2.24) is 9.80 Å². The summed E-state index contributed by atoms with van der Waals surface area (Å²) in [5, 5.41) is 0. The molecule has 0 saturated carbocycles. The molecule has 6 nitrogen and oxygen atoms in total. The number of amides is 2. The highest BCUT2D eigenvalue weighted by molar-refractivity contribution is 6.02. The molecule has 2 aromatic rings. The zero-order valence-corrected chi connectivity index (χ0v) is 15.2. The second-order valence-electron chi connectivity index (χ2n) is 6.88. The summed E-state index contributed by atoms with van der Waals surface area (Å²) in [5.74, 6) is 0.460. The third-order valence-electron chi connectivity index (χ3n) is 5.08. The minimum Gasteiger partial charge on any atom is -0.482 e. The Balaban J connectivity index is 1.34. The van der Waals surface area contributed by atoms with Gasteiger partial charge in [-0.05, 0) is 17.7 Å². The molecular weight excluding hydrogens is 342 g/mol. The van der Waals surface area contributed by atoms with E-state index in [2.05, 4.69) is 17.0 Å². The first kappa shape index (κ1) is 17.5. The Kier molecular flexibility index (Phi) is 5.07. The van der Waals surface area contributed by atoms with Gasteiger partial charge in [-0.15, -0.1) is 0 Å². The molecule has 0 N–H and O–H groups in total. The fourth-order valence-electron chi connectivity index (χ4n) is 3.56. The van der Waals surface area contributed by atoms with Crippen LogP contribution in [0.15, 0.2) is 54.6 Å². The fraction of sp³-hybridized carbons (Fsp3) is 0.333. The predicted molar refractivity (Wildman–Crippen MR) is 103 cm³/mol. The van der Waals surface area contributed by atoms with E-state index in [1.54, 1.807) is 0 Å². The molecule has 0 spiro atoms. The highest BCUT2D eigenvalue weighted by Gasteiger charge is 2.29. The minimum absolute atomic E-state index is 0.0144. The molecule has 140 valence electrons. The van der Waals surface area contributed by atoms with Gasteiger partial charge in [-0.1, -0.05) is 42.5 Å². The number of ether oxygens (including phenoxy) is 1. The van der Waals surface area contributed by atoms with Crippen LogP contribution in [0.25, 0.3) is 0 Å². The molecule has 0 unspecified atom stereocenters. The van der Waals surface area contributed by atoms with E-state index < -0.39 is 0 Å². The van der Waals surface area contributed by atoms with Crippen LogP contribution >= 0.6 is 0 Å². The van der Waals surface area contributed by atoms with Crippen LogP contribution in [0.3, 0.4) is 0 Å². The van der Waals surface area contributed by atoms with Gasteiger partial charge in [0.15, 0.2) is 6.61 Å². The molecule has 4 rings (SSSR count). The van der Waals surface area contributed by atoms with Crippen molar-refractivity contribution in [2.24, 2.45) is 0 Å². The van der Waals surface area contributed by atoms with Crippen molar-refractivity contribution >= 4 is 17.5 Å². The molecule has 1 saturated heterocycles. The SMILES string of the molecule is O=C(CN1C(=O)COc2ccccc21)N1CCN(Cc2ccccc2)CC1. The van der Waals surface area contributed by atoms with Crippen molar-refractivity contribution in [1.29, 1.82) is 0 Å². The van der Waals surface area contributed by atoms with Gasteiger partial charge in [-0.3, -0.25) is 19.4 Å². The molecule has 27 heavy (non-hydrogen) atoms. The third-order valence-corrected chi connectivity index (χ3v) is 5.08. The number of fused-ring (bicyclic) bond motifs is 1. The summed E-state index contributed by atoms with van der Waals surface area (Å²) in [6.07, 6.45) is 0. The van der Waals surface area contributed by atoms with Gasteiger partial charge in [0.25, 0.3) is 5.91 Å². The lowest BCUT2D eigenvalue weighted by Crippen LogP contribution is -2.52. The van der Waals surface area contributed by atoms with Crippen LogP contribution in [0.1, 0.15) is 5.56 Å². The lowest BCUT2D eigenvalue weighted by molar-refractivity contribution is -0.133. The monoisotopic (exact) mass is 365 g/mol. The molecule has 2 aliphatic rings. The van der Waals surface area contributed by atoms with Gasteiger partial charge < -0.3 is 9.64 Å². The number of benzene rings is 2. The molecule has 2 aromatic carbocycles. The highest BCUT2D eigenvalue weighted by Crippen LogP contribution is 2.31. The molecule has 0 atom stereocenters. The molecule has 1 fully saturated rings. The normalized spacial score (nSPS) is 17.4. The van der Waals surface area contributed by atoms with E-state index in [0.29, 0.717) is 24.5 Å². The van der Waals surface area contributed by atoms with Gasteiger partial charge in [0.2, 0.25) is 5.91 Å². The topological polar surface area (TPSA) is 53.1 Å². The second kappa shape index (κ2) is 7.80. The van der Waals surface area contributed by atoms with E-state index in [1.165, 1.54) is 10.5 Å². The summed E-state index contributed by atoms with van der Waals surface area (Å²) in [6.45, 7) is 4.01. The first-order valence-electron chi connectivity index (χ1n) is 9.27. The third kappa shape index (κ3) is 3.95. The van der Waals surface area contributed by atoms with Crippen molar-refractivity contribution in [2.75, 3.05) is 44.2 Å². The molecule has 0 bridgehead atoms. The maximum absolute atomic E-state index is 12.8. The molecule has 0 aromatic heterocycles. The number of anilines is 1. The highest BCUT2D eigenvalue weighted by atomic mass is 16.5. The molecule has 0 aliphatic carbocycles. The Morgan fingerprint density at radius 3 is 2.41 bits per heavy atom. The van der Waals surface area contributed by atoms with Crippen LogP contribution in [0.2, 0.25) is 0 Å². The number of piperazine rings is 1. The number of carbonyl (C=O) groups is 2. The van der Waals surface area contributed by atoms with E-state index in [1.807, 2.05) is 47.4 Å². The lowest BCUT2D eigenvalue weighted by Gasteiger charge is -2.36. The first-order chi connectivity index (χ1) is 13.2. The van der Waals surface area contributed by atoms with Crippen LogP contribution in [-0.2, 0) is 16.1 Å². The van der Waals surface area contributed by atoms with Gasteiger partial charge in [0.1, 0.15) is 12.3 Å². The van der Waals surface area contributed by atoms with E-state index in [0.717, 1.165) is 19.6 Å². The summed E-state index contributed by atoms with van der Waals surface area (Å²) in [6, 6.07) is 17.7. The number of nitrogens with zero attached hydrogens (tertiary/aromatic N) is 3. The summed E-state index contributed by atoms with van der Waals surface area (Å²) in [4.78, 5) is 30.8. The number of carbonyl (C=O) groups excluding carboxylic acids is 2. The van der Waals surface area contributed by atoms with Gasteiger partial charge >= 0.3 is 0 Å². The molecule has 2 heterocycles. The number of rotatable bonds is 4. The molecular formula is C21H23N3O3. The Labute approximate surface area is 158 Å². The van der Waals surface area contributed by atoms with Crippen molar-refractivity contribution in [3.63, 3.8) is 0 Å². The maximum atomic E-state index is 12.8. The maximum Gasteiger partial charge on any atom is 0.265 e. The van der Waals surface area contributed by atoms with Gasteiger partial charge in [-0.25, -0.2) is 0 Å². The average molecular weight is 365 g/mol. The van der Waals surface area contributed by atoms with Crippen LogP contribution in [0.5, 0.6) is 5.75 Å². The smallest absolute Gasteiger partial charge is 0.265 e. The predicted octanol–water partition coefficient (Wildman–Crippen LogP) is 1.76. The Bertz CT molecular complexity index is 816. The number of hydrogen-bond acceptors (Lipinski definition) is 4. The van der Waals surface area contributed by atoms with Crippen LogP contribution in [0.4, 0.5) is 5.69 Å². The first-order valence-corrected chi connectivity index (χ1v) is 9.27. The lowest BCUT2D eigenvalue weighted by atomic mass is 10.2. The molecule has 6 heteroatoms. The average Bonchev–Trinajstić information content (AvgIpc) is 2.71. The van der Waals surface area contributed by atoms with Gasteiger partial charge in [-0.2, -0.15) is 0 Å². The van der Waals surface area contributed by atoms with Crippen LogP contribution < -0.4 is 9.64 Å². The largest absolute Gasteiger partial charge is 0.482 e. The van der Waals surface area contributed by atoms with Crippen molar-refractivity contribution in [3.8, 4) is 5.75 Å². The van der Waals surface area contributed by atoms with Gasteiger partial charge in [0.05, 0.1) is 5.69 Å². The van der Waals surface area contributed by atoms with Crippen molar-refractivity contribution in [3.05, 3.63) is 60.2 Å². The number of para-hydroxylation sites is 2. The Morgan fingerprint density at radius 2 is 1.63 bits per heavy atom. The summed E-state index contributed by atoms with van der Waals surface area (Å²) < 4.78 is 5.44. The zero-order valence-electron chi connectivity index (χ0n) is 15.2. The molecule has 2 amide bonds. The second-order valence-corrected chi connectivity index (χ2v) is 6.88. The van der Waals surface area contributed by atoms with Gasteiger partial charge in [0, 0.05) is 32.7 Å². The van der Waals surface area contributed by atoms with E-state index in [-0.39, 0.29) is 25.0 Å². The van der Waals surface area contributed by atoms with Crippen molar-refractivity contribution < 1.29 is 14.3 Å².